The lowest BCUT2D eigenvalue weighted by Crippen LogP contribution is -2.37. The zero-order valence-corrected chi connectivity index (χ0v) is 14.3. The molecule has 1 aliphatic carbocycles. The van der Waals surface area contributed by atoms with Crippen molar-refractivity contribution < 1.29 is 0 Å². The third-order valence-electron chi connectivity index (χ3n) is 4.47. The smallest absolute Gasteiger partial charge is 0.0233 e. The summed E-state index contributed by atoms with van der Waals surface area (Å²) in [5.74, 6) is 0. The van der Waals surface area contributed by atoms with Crippen LogP contribution < -0.4 is 5.32 Å². The minimum atomic E-state index is 0.212. The molecule has 0 bridgehead atoms. The fourth-order valence-electron chi connectivity index (χ4n) is 3.16. The van der Waals surface area contributed by atoms with Crippen molar-refractivity contribution in [2.45, 2.75) is 71.0 Å². The van der Waals surface area contributed by atoms with Crippen LogP contribution in [0.1, 0.15) is 57.6 Å². The summed E-state index contributed by atoms with van der Waals surface area (Å²) in [6.45, 7) is 8.79. The van der Waals surface area contributed by atoms with Gasteiger partial charge in [-0.25, -0.2) is 0 Å². The molecule has 0 radical (unpaired) electrons. The molecule has 1 saturated carbocycles. The second kappa shape index (κ2) is 7.42. The van der Waals surface area contributed by atoms with Gasteiger partial charge in [-0.1, -0.05) is 37.1 Å². The molecule has 0 aliphatic heterocycles. The maximum Gasteiger partial charge on any atom is 0.0233 e. The monoisotopic (exact) mass is 288 g/mol. The lowest BCUT2D eigenvalue weighted by atomic mass is 10.1. The number of benzene rings is 1. The second-order valence-electron chi connectivity index (χ2n) is 7.60. The molecule has 0 saturated heterocycles. The Labute approximate surface area is 130 Å². The molecule has 1 N–H and O–H groups in total. The molecular formula is C19H32N2. The number of nitrogens with zero attached hydrogens (tertiary/aromatic N) is 1. The molecular weight excluding hydrogens is 256 g/mol. The third-order valence-corrected chi connectivity index (χ3v) is 4.47. The quantitative estimate of drug-likeness (QED) is 0.851. The van der Waals surface area contributed by atoms with Gasteiger partial charge in [-0.2, -0.15) is 0 Å². The first-order valence-electron chi connectivity index (χ1n) is 8.47. The van der Waals surface area contributed by atoms with Crippen LogP contribution in [0.3, 0.4) is 0 Å². The Bertz CT molecular complexity index is 410. The second-order valence-corrected chi connectivity index (χ2v) is 7.60. The topological polar surface area (TPSA) is 15.3 Å². The number of hydrogen-bond acceptors (Lipinski definition) is 2. The highest BCUT2D eigenvalue weighted by Crippen LogP contribution is 2.23. The van der Waals surface area contributed by atoms with E-state index in [0.717, 1.165) is 25.6 Å². The van der Waals surface area contributed by atoms with E-state index in [1.54, 1.807) is 0 Å². The van der Waals surface area contributed by atoms with Crippen molar-refractivity contribution in [1.82, 2.24) is 10.2 Å². The lowest BCUT2D eigenvalue weighted by molar-refractivity contribution is 0.237. The highest BCUT2D eigenvalue weighted by Gasteiger charge is 2.19. The van der Waals surface area contributed by atoms with E-state index in [4.69, 9.17) is 0 Å². The molecule has 1 fully saturated rings. The standard InChI is InChI=1S/C19H32N2/c1-19(2,3)20-14-13-16-9-11-17(12-10-16)15-21(4)18-7-5-6-8-18/h9-12,18,20H,5-8,13-15H2,1-4H3. The number of hydrogen-bond donors (Lipinski definition) is 1. The Morgan fingerprint density at radius 3 is 2.19 bits per heavy atom. The van der Waals surface area contributed by atoms with Gasteiger partial charge in [-0.15, -0.1) is 0 Å². The summed E-state index contributed by atoms with van der Waals surface area (Å²) in [7, 11) is 2.27. The van der Waals surface area contributed by atoms with Crippen molar-refractivity contribution in [3.05, 3.63) is 35.4 Å². The van der Waals surface area contributed by atoms with E-state index in [2.05, 4.69) is 62.3 Å². The molecule has 2 nitrogen and oxygen atoms in total. The van der Waals surface area contributed by atoms with Gasteiger partial charge in [0.05, 0.1) is 0 Å². The summed E-state index contributed by atoms with van der Waals surface area (Å²) in [6.07, 6.45) is 6.69. The van der Waals surface area contributed by atoms with Crippen LogP contribution in [0.15, 0.2) is 24.3 Å². The largest absolute Gasteiger partial charge is 0.312 e. The van der Waals surface area contributed by atoms with Crippen LogP contribution in [0.2, 0.25) is 0 Å². The maximum absolute atomic E-state index is 3.55. The Morgan fingerprint density at radius 1 is 1.05 bits per heavy atom. The predicted molar refractivity (Wildman–Crippen MR) is 91.6 cm³/mol. The molecule has 0 unspecified atom stereocenters. The van der Waals surface area contributed by atoms with Crippen LogP contribution in [-0.4, -0.2) is 30.1 Å². The summed E-state index contributed by atoms with van der Waals surface area (Å²) in [4.78, 5) is 2.53. The van der Waals surface area contributed by atoms with Gasteiger partial charge in [-0.3, -0.25) is 4.90 Å². The minimum Gasteiger partial charge on any atom is -0.312 e. The molecule has 1 aromatic carbocycles. The summed E-state index contributed by atoms with van der Waals surface area (Å²) < 4.78 is 0. The third kappa shape index (κ3) is 5.80. The van der Waals surface area contributed by atoms with Gasteiger partial charge >= 0.3 is 0 Å². The normalized spacial score (nSPS) is 16.8. The van der Waals surface area contributed by atoms with E-state index in [0.29, 0.717) is 0 Å². The van der Waals surface area contributed by atoms with Crippen molar-refractivity contribution in [2.24, 2.45) is 0 Å². The molecule has 0 heterocycles. The van der Waals surface area contributed by atoms with Crippen LogP contribution in [0.5, 0.6) is 0 Å². The molecule has 0 amide bonds. The molecule has 2 rings (SSSR count). The predicted octanol–water partition coefficient (Wildman–Crippen LogP) is 3.99. The van der Waals surface area contributed by atoms with Crippen LogP contribution in [0, 0.1) is 0 Å². The average Bonchev–Trinajstić information content (AvgIpc) is 2.93. The molecule has 1 aromatic rings. The van der Waals surface area contributed by atoms with Crippen molar-refractivity contribution in [3.63, 3.8) is 0 Å². The zero-order chi connectivity index (χ0) is 15.3. The Morgan fingerprint density at radius 2 is 1.62 bits per heavy atom. The SMILES string of the molecule is CN(Cc1ccc(CCNC(C)(C)C)cc1)C1CCCC1. The molecule has 21 heavy (non-hydrogen) atoms. The van der Waals surface area contributed by atoms with Crippen LogP contribution in [0.4, 0.5) is 0 Å². The van der Waals surface area contributed by atoms with E-state index in [-0.39, 0.29) is 5.54 Å². The minimum absolute atomic E-state index is 0.212. The van der Waals surface area contributed by atoms with Gasteiger partial charge in [0.1, 0.15) is 0 Å². The van der Waals surface area contributed by atoms with E-state index < -0.39 is 0 Å². The summed E-state index contributed by atoms with van der Waals surface area (Å²) in [6, 6.07) is 10.0. The Hall–Kier alpha value is -0.860. The average molecular weight is 288 g/mol. The van der Waals surface area contributed by atoms with Crippen molar-refractivity contribution in [1.29, 1.82) is 0 Å². The van der Waals surface area contributed by atoms with Crippen molar-refractivity contribution >= 4 is 0 Å². The number of nitrogens with one attached hydrogen (secondary N) is 1. The first-order valence-corrected chi connectivity index (χ1v) is 8.47. The summed E-state index contributed by atoms with van der Waals surface area (Å²) in [5.41, 5.74) is 3.08. The lowest BCUT2D eigenvalue weighted by Gasteiger charge is -2.24. The maximum atomic E-state index is 3.55. The highest BCUT2D eigenvalue weighted by atomic mass is 15.1. The Balaban J connectivity index is 1.78. The first kappa shape index (κ1) is 16.5. The van der Waals surface area contributed by atoms with Gasteiger partial charge in [0.2, 0.25) is 0 Å². The van der Waals surface area contributed by atoms with Crippen molar-refractivity contribution in [3.8, 4) is 0 Å². The molecule has 1 aliphatic rings. The summed E-state index contributed by atoms with van der Waals surface area (Å²) >= 11 is 0. The molecule has 0 aromatic heterocycles. The molecule has 2 heteroatoms. The molecule has 118 valence electrons. The van der Waals surface area contributed by atoms with Gasteiger partial charge in [0.25, 0.3) is 0 Å². The Kier molecular flexibility index (Phi) is 5.83. The number of rotatable bonds is 6. The fraction of sp³-hybridized carbons (Fsp3) is 0.684. The van der Waals surface area contributed by atoms with E-state index in [1.807, 2.05) is 0 Å². The first-order chi connectivity index (χ1) is 9.94. The van der Waals surface area contributed by atoms with E-state index >= 15 is 0 Å². The van der Waals surface area contributed by atoms with Crippen LogP contribution in [-0.2, 0) is 13.0 Å². The van der Waals surface area contributed by atoms with E-state index in [9.17, 15) is 0 Å². The zero-order valence-electron chi connectivity index (χ0n) is 14.3. The fourth-order valence-corrected chi connectivity index (χ4v) is 3.16. The highest BCUT2D eigenvalue weighted by molar-refractivity contribution is 5.22. The van der Waals surface area contributed by atoms with Crippen LogP contribution >= 0.6 is 0 Å². The summed E-state index contributed by atoms with van der Waals surface area (Å²) in [5, 5.41) is 3.55. The molecule has 0 atom stereocenters. The van der Waals surface area contributed by atoms with Gasteiger partial charge in [0, 0.05) is 18.1 Å². The van der Waals surface area contributed by atoms with Crippen LogP contribution in [0.25, 0.3) is 0 Å². The molecule has 0 spiro atoms. The van der Waals surface area contributed by atoms with Gasteiger partial charge in [0.15, 0.2) is 0 Å². The van der Waals surface area contributed by atoms with E-state index in [1.165, 1.54) is 36.8 Å². The van der Waals surface area contributed by atoms with Crippen molar-refractivity contribution in [2.75, 3.05) is 13.6 Å². The van der Waals surface area contributed by atoms with Gasteiger partial charge < -0.3 is 5.32 Å². The van der Waals surface area contributed by atoms with Gasteiger partial charge in [-0.05, 0) is 64.8 Å².